The number of hydrogen-bond donors (Lipinski definition) is 1. The summed E-state index contributed by atoms with van der Waals surface area (Å²) in [6.45, 7) is 3.09. The second kappa shape index (κ2) is 7.88. The molecule has 96 valence electrons. The van der Waals surface area contributed by atoms with E-state index in [1.54, 1.807) is 7.11 Å². The fourth-order valence-electron chi connectivity index (χ4n) is 1.68. The maximum Gasteiger partial charge on any atom is 0.143 e. The first kappa shape index (κ1) is 14.7. The molecule has 0 aliphatic heterocycles. The summed E-state index contributed by atoms with van der Waals surface area (Å²) < 4.78 is 6.44. The summed E-state index contributed by atoms with van der Waals surface area (Å²) in [5.74, 6) is 2.14. The van der Waals surface area contributed by atoms with Crippen molar-refractivity contribution in [2.24, 2.45) is 0 Å². The highest BCUT2D eigenvalue weighted by molar-refractivity contribution is 9.10. The van der Waals surface area contributed by atoms with Gasteiger partial charge in [0.2, 0.25) is 0 Å². The van der Waals surface area contributed by atoms with Crippen molar-refractivity contribution in [1.29, 1.82) is 0 Å². The van der Waals surface area contributed by atoms with E-state index in [-0.39, 0.29) is 0 Å². The molecule has 0 aliphatic rings. The highest BCUT2D eigenvalue weighted by Gasteiger charge is 2.07. The molecular formula is C13H20BrNOS. The van der Waals surface area contributed by atoms with Crippen LogP contribution in [0.2, 0.25) is 0 Å². The summed E-state index contributed by atoms with van der Waals surface area (Å²) >= 11 is 5.38. The molecule has 0 heterocycles. The van der Waals surface area contributed by atoms with Crippen molar-refractivity contribution in [2.45, 2.75) is 19.8 Å². The van der Waals surface area contributed by atoms with Gasteiger partial charge in [0.25, 0.3) is 0 Å². The van der Waals surface area contributed by atoms with Crippen molar-refractivity contribution in [3.05, 3.63) is 22.2 Å². The first-order valence-corrected chi connectivity index (χ1v) is 7.94. The number of benzene rings is 1. The van der Waals surface area contributed by atoms with E-state index in [0.29, 0.717) is 0 Å². The van der Waals surface area contributed by atoms with Crippen molar-refractivity contribution >= 4 is 33.4 Å². The number of anilines is 1. The predicted octanol–water partition coefficient (Wildman–Crippen LogP) is 4.32. The van der Waals surface area contributed by atoms with Crippen LogP contribution < -0.4 is 10.1 Å². The lowest BCUT2D eigenvalue weighted by Crippen LogP contribution is -2.05. The second-order valence-electron chi connectivity index (χ2n) is 3.93. The van der Waals surface area contributed by atoms with Crippen LogP contribution in [-0.2, 0) is 0 Å². The van der Waals surface area contributed by atoms with E-state index in [0.717, 1.165) is 22.5 Å². The SMILES string of the molecule is COc1cc(Br)cc(C)c1NCCCCSC. The summed E-state index contributed by atoms with van der Waals surface area (Å²) in [7, 11) is 1.71. The number of aryl methyl sites for hydroxylation is 1. The molecule has 0 fully saturated rings. The van der Waals surface area contributed by atoms with Crippen LogP contribution in [0.3, 0.4) is 0 Å². The Morgan fingerprint density at radius 2 is 2.12 bits per heavy atom. The fourth-order valence-corrected chi connectivity index (χ4v) is 2.73. The van der Waals surface area contributed by atoms with Crippen LogP contribution in [0.1, 0.15) is 18.4 Å². The number of hydrogen-bond acceptors (Lipinski definition) is 3. The lowest BCUT2D eigenvalue weighted by Gasteiger charge is -2.14. The van der Waals surface area contributed by atoms with Crippen LogP contribution in [0.15, 0.2) is 16.6 Å². The van der Waals surface area contributed by atoms with E-state index in [1.165, 1.54) is 24.2 Å². The maximum absolute atomic E-state index is 5.39. The van der Waals surface area contributed by atoms with Gasteiger partial charge in [-0.3, -0.25) is 0 Å². The smallest absolute Gasteiger partial charge is 0.143 e. The Balaban J connectivity index is 2.57. The molecule has 1 aromatic rings. The van der Waals surface area contributed by atoms with Gasteiger partial charge >= 0.3 is 0 Å². The van der Waals surface area contributed by atoms with Gasteiger partial charge in [-0.05, 0) is 49.5 Å². The summed E-state index contributed by atoms with van der Waals surface area (Å²) in [5.41, 5.74) is 2.32. The van der Waals surface area contributed by atoms with Crippen molar-refractivity contribution in [3.8, 4) is 5.75 Å². The summed E-state index contributed by atoms with van der Waals surface area (Å²) in [5, 5.41) is 3.46. The number of halogens is 1. The van der Waals surface area contributed by atoms with Gasteiger partial charge in [-0.2, -0.15) is 11.8 Å². The standard InChI is InChI=1S/C13H20BrNOS/c1-10-8-11(14)9-12(16-2)13(10)15-6-4-5-7-17-3/h8-9,15H,4-7H2,1-3H3. The zero-order chi connectivity index (χ0) is 12.7. The molecular weight excluding hydrogens is 298 g/mol. The van der Waals surface area contributed by atoms with Crippen LogP contribution in [0.5, 0.6) is 5.75 Å². The van der Waals surface area contributed by atoms with Crippen molar-refractivity contribution in [1.82, 2.24) is 0 Å². The van der Waals surface area contributed by atoms with E-state index < -0.39 is 0 Å². The van der Waals surface area contributed by atoms with Crippen LogP contribution in [0.25, 0.3) is 0 Å². The third-order valence-electron chi connectivity index (χ3n) is 2.56. The van der Waals surface area contributed by atoms with Gasteiger partial charge in [0.1, 0.15) is 5.75 Å². The van der Waals surface area contributed by atoms with Crippen LogP contribution >= 0.6 is 27.7 Å². The molecule has 0 aromatic heterocycles. The molecule has 2 nitrogen and oxygen atoms in total. The first-order valence-electron chi connectivity index (χ1n) is 5.76. The highest BCUT2D eigenvalue weighted by atomic mass is 79.9. The van der Waals surface area contributed by atoms with Crippen molar-refractivity contribution in [3.63, 3.8) is 0 Å². The lowest BCUT2D eigenvalue weighted by molar-refractivity contribution is 0.416. The number of rotatable bonds is 7. The van der Waals surface area contributed by atoms with Gasteiger partial charge in [-0.15, -0.1) is 0 Å². The molecule has 0 bridgehead atoms. The van der Waals surface area contributed by atoms with Gasteiger partial charge in [-0.25, -0.2) is 0 Å². The molecule has 0 atom stereocenters. The van der Waals surface area contributed by atoms with E-state index in [1.807, 2.05) is 17.8 Å². The molecule has 0 spiro atoms. The zero-order valence-electron chi connectivity index (χ0n) is 10.7. The number of ether oxygens (including phenoxy) is 1. The van der Waals surface area contributed by atoms with E-state index >= 15 is 0 Å². The van der Waals surface area contributed by atoms with E-state index in [9.17, 15) is 0 Å². The highest BCUT2D eigenvalue weighted by Crippen LogP contribution is 2.31. The Kier molecular flexibility index (Phi) is 6.82. The topological polar surface area (TPSA) is 21.3 Å². The zero-order valence-corrected chi connectivity index (χ0v) is 13.1. The monoisotopic (exact) mass is 317 g/mol. The Labute approximate surface area is 117 Å². The molecule has 4 heteroatoms. The third kappa shape index (κ3) is 4.80. The molecule has 0 saturated heterocycles. The maximum atomic E-state index is 5.39. The molecule has 0 saturated carbocycles. The summed E-state index contributed by atoms with van der Waals surface area (Å²) in [4.78, 5) is 0. The van der Waals surface area contributed by atoms with Crippen molar-refractivity contribution < 1.29 is 4.74 Å². The third-order valence-corrected chi connectivity index (χ3v) is 3.72. The minimum Gasteiger partial charge on any atom is -0.495 e. The molecule has 1 N–H and O–H groups in total. The summed E-state index contributed by atoms with van der Waals surface area (Å²) in [6, 6.07) is 4.10. The van der Waals surface area contributed by atoms with E-state index in [4.69, 9.17) is 4.74 Å². The van der Waals surface area contributed by atoms with Gasteiger partial charge in [0.15, 0.2) is 0 Å². The predicted molar refractivity (Wildman–Crippen MR) is 81.5 cm³/mol. The van der Waals surface area contributed by atoms with Crippen LogP contribution in [-0.4, -0.2) is 25.7 Å². The van der Waals surface area contributed by atoms with Gasteiger partial charge in [0, 0.05) is 11.0 Å². The van der Waals surface area contributed by atoms with Crippen LogP contribution in [0, 0.1) is 6.92 Å². The number of thioether (sulfide) groups is 1. The Bertz CT molecular complexity index is 358. The average Bonchev–Trinajstić information content (AvgIpc) is 2.30. The Hall–Kier alpha value is -0.350. The number of methoxy groups -OCH3 is 1. The Morgan fingerprint density at radius 1 is 1.35 bits per heavy atom. The normalized spacial score (nSPS) is 10.4. The molecule has 0 unspecified atom stereocenters. The molecule has 1 rings (SSSR count). The van der Waals surface area contributed by atoms with Gasteiger partial charge < -0.3 is 10.1 Å². The van der Waals surface area contributed by atoms with E-state index in [2.05, 4.69) is 40.5 Å². The number of nitrogens with one attached hydrogen (secondary N) is 1. The van der Waals surface area contributed by atoms with Gasteiger partial charge in [0.05, 0.1) is 12.8 Å². The Morgan fingerprint density at radius 3 is 2.76 bits per heavy atom. The second-order valence-corrected chi connectivity index (χ2v) is 5.83. The quantitative estimate of drug-likeness (QED) is 0.757. The lowest BCUT2D eigenvalue weighted by atomic mass is 10.2. The minimum atomic E-state index is 0.904. The number of unbranched alkanes of at least 4 members (excludes halogenated alkanes) is 1. The molecule has 1 aromatic carbocycles. The van der Waals surface area contributed by atoms with Gasteiger partial charge in [-0.1, -0.05) is 15.9 Å². The molecule has 0 radical (unpaired) electrons. The summed E-state index contributed by atoms with van der Waals surface area (Å²) in [6.07, 6.45) is 4.60. The molecule has 17 heavy (non-hydrogen) atoms. The average molecular weight is 318 g/mol. The largest absolute Gasteiger partial charge is 0.495 e. The van der Waals surface area contributed by atoms with Crippen LogP contribution in [0.4, 0.5) is 5.69 Å². The fraction of sp³-hybridized carbons (Fsp3) is 0.538. The minimum absolute atomic E-state index is 0.904. The first-order chi connectivity index (χ1) is 8.19. The molecule has 0 aliphatic carbocycles. The van der Waals surface area contributed by atoms with Crippen molar-refractivity contribution in [2.75, 3.05) is 31.0 Å². The molecule has 0 amide bonds.